The van der Waals surface area contributed by atoms with Crippen LogP contribution in [-0.4, -0.2) is 178 Å². The van der Waals surface area contributed by atoms with Gasteiger partial charge < -0.3 is 86.5 Å². The summed E-state index contributed by atoms with van der Waals surface area (Å²) in [6.45, 7) is 6.35. The number of nitrogens with one attached hydrogen (secondary N) is 8. The first-order valence-electron chi connectivity index (χ1n) is 25.7. The molecule has 11 atom stereocenters. The summed E-state index contributed by atoms with van der Waals surface area (Å²) in [5, 5.41) is 51.0. The molecule has 440 valence electrons. The highest BCUT2D eigenvalue weighted by Gasteiger charge is 2.37. The number of aromatic hydroxyl groups is 1. The van der Waals surface area contributed by atoms with E-state index in [0.717, 1.165) is 0 Å². The maximum absolute atomic E-state index is 14.3. The number of nitrogens with two attached hydrogens (primary N) is 5. The average molecular weight is 1140 g/mol. The van der Waals surface area contributed by atoms with Crippen LogP contribution in [0.25, 0.3) is 0 Å². The van der Waals surface area contributed by atoms with Crippen LogP contribution < -0.4 is 71.2 Å². The fourth-order valence-electron chi connectivity index (χ4n) is 7.42. The van der Waals surface area contributed by atoms with Crippen molar-refractivity contribution in [3.8, 4) is 5.75 Å². The summed E-state index contributed by atoms with van der Waals surface area (Å²) in [5.41, 5.74) is 28.2. The summed E-state index contributed by atoms with van der Waals surface area (Å²) in [5.74, 6) is -9.07. The predicted octanol–water partition coefficient (Wildman–Crippen LogP) is -3.37. The number of hydrogen-bond donors (Lipinski definition) is 16. The second-order valence-corrected chi connectivity index (χ2v) is 20.7. The molecule has 78 heavy (non-hydrogen) atoms. The molecule has 0 aromatic heterocycles. The van der Waals surface area contributed by atoms with Gasteiger partial charge in [0.25, 0.3) is 0 Å². The molecular weight excluding hydrogens is 1060 g/mol. The molecule has 1 aromatic rings. The number of aliphatic hydroxyl groups excluding tert-OH is 1. The summed E-state index contributed by atoms with van der Waals surface area (Å²) < 4.78 is 0. The van der Waals surface area contributed by atoms with E-state index in [1.54, 1.807) is 38.5 Å². The largest absolute Gasteiger partial charge is 0.508 e. The number of primary amides is 1. The van der Waals surface area contributed by atoms with Crippen LogP contribution in [0.1, 0.15) is 97.5 Å². The average Bonchev–Trinajstić information content (AvgIpc) is 3.38. The van der Waals surface area contributed by atoms with Crippen LogP contribution in [-0.2, 0) is 54.4 Å². The molecule has 0 aliphatic heterocycles. The van der Waals surface area contributed by atoms with Crippen LogP contribution in [0.15, 0.2) is 29.3 Å². The van der Waals surface area contributed by atoms with Crippen LogP contribution in [0, 0.1) is 5.92 Å². The van der Waals surface area contributed by atoms with Crippen molar-refractivity contribution in [1.82, 2.24) is 42.5 Å². The van der Waals surface area contributed by atoms with Gasteiger partial charge in [0.2, 0.25) is 53.2 Å². The third-order valence-corrected chi connectivity index (χ3v) is 13.5. The zero-order valence-electron chi connectivity index (χ0n) is 45.3. The summed E-state index contributed by atoms with van der Waals surface area (Å²) >= 11 is 2.70. The molecule has 0 saturated heterocycles. The summed E-state index contributed by atoms with van der Waals surface area (Å²) in [6, 6.07) is -6.18. The highest BCUT2D eigenvalue weighted by molar-refractivity contribution is 7.98. The van der Waals surface area contributed by atoms with Gasteiger partial charge in [-0.05, 0) is 119 Å². The topological polar surface area (TPSA) is 470 Å². The molecule has 0 bridgehead atoms. The molecule has 21 N–H and O–H groups in total. The number of thioether (sulfide) groups is 2. The number of carboxylic acid groups (broad SMARTS) is 1. The standard InChI is InChI=1S/C49H84N14O13S2/c1-7-26(2)38(46(73)58-32(12-10-22-55-49(53)54)41(68)60-35(48(75)76)17-18-37(52)66)62-43(70)31(11-8-9-21-50)56-42(69)33(19-23-77-5)59-47(74)39(28(4)64)63-44(71)34(20-24-78-6)57-45(72)36(61-40(67)27(3)51)25-29-13-15-30(65)16-14-29/h13-16,26-28,31-36,38-39,64-65H,7-12,17-25,50-51H2,1-6H3,(H2,52,66)(H,56,69)(H,57,72)(H,58,73)(H,59,74)(H,60,68)(H,61,67)(H,62,70)(H,63,71)(H,75,76)(H4,53,54,55). The lowest BCUT2D eigenvalue weighted by Crippen LogP contribution is -2.62. The van der Waals surface area contributed by atoms with E-state index in [0.29, 0.717) is 36.3 Å². The molecule has 0 saturated carbocycles. The Morgan fingerprint density at radius 1 is 0.577 bits per heavy atom. The SMILES string of the molecule is CCC(C)C(NC(=O)C(CCCCN)NC(=O)C(CCSC)NC(=O)C(NC(=O)C(CCSC)NC(=O)C(Cc1ccc(O)cc1)NC(=O)C(C)N)C(C)O)C(=O)NC(CCCN=C(N)N)C(=O)NC(CCC(N)=O)C(=O)O. The number of carbonyl (C=O) groups excluding carboxylic acids is 9. The van der Waals surface area contributed by atoms with Gasteiger partial charge in [-0.3, -0.25) is 48.1 Å². The monoisotopic (exact) mass is 1140 g/mol. The molecule has 27 nitrogen and oxygen atoms in total. The van der Waals surface area contributed by atoms with Crippen molar-refractivity contribution in [3.63, 3.8) is 0 Å². The highest BCUT2D eigenvalue weighted by atomic mass is 32.2. The molecule has 9 amide bonds. The molecule has 0 fully saturated rings. The number of aliphatic hydroxyl groups is 1. The van der Waals surface area contributed by atoms with Gasteiger partial charge in [-0.1, -0.05) is 32.4 Å². The molecule has 0 aliphatic rings. The lowest BCUT2D eigenvalue weighted by molar-refractivity contribution is -0.142. The molecule has 0 radical (unpaired) electrons. The number of phenolic OH excluding ortho intramolecular Hbond substituents is 1. The number of benzene rings is 1. The molecular formula is C49H84N14O13S2. The zero-order chi connectivity index (χ0) is 59.1. The van der Waals surface area contributed by atoms with Gasteiger partial charge in [-0.2, -0.15) is 23.5 Å². The van der Waals surface area contributed by atoms with Gasteiger partial charge in [0.15, 0.2) is 5.96 Å². The molecule has 0 aliphatic carbocycles. The molecule has 0 spiro atoms. The van der Waals surface area contributed by atoms with E-state index in [1.807, 2.05) is 0 Å². The number of unbranched alkanes of at least 4 members (excludes halogenated alkanes) is 1. The molecule has 11 unspecified atom stereocenters. The second kappa shape index (κ2) is 37.4. The van der Waals surface area contributed by atoms with E-state index < -0.39 is 126 Å². The number of aliphatic imine (C=N–C) groups is 1. The maximum Gasteiger partial charge on any atom is 0.326 e. The predicted molar refractivity (Wildman–Crippen MR) is 297 cm³/mol. The van der Waals surface area contributed by atoms with Crippen LogP contribution in [0.4, 0.5) is 0 Å². The van der Waals surface area contributed by atoms with E-state index >= 15 is 0 Å². The highest BCUT2D eigenvalue weighted by Crippen LogP contribution is 2.15. The maximum atomic E-state index is 14.3. The van der Waals surface area contributed by atoms with Gasteiger partial charge in [-0.25, -0.2) is 4.79 Å². The van der Waals surface area contributed by atoms with E-state index in [1.165, 1.54) is 49.5 Å². The van der Waals surface area contributed by atoms with E-state index in [9.17, 15) is 63.3 Å². The Labute approximate surface area is 463 Å². The molecule has 1 rings (SSSR count). The Morgan fingerprint density at radius 3 is 1.46 bits per heavy atom. The number of aliphatic carboxylic acids is 1. The van der Waals surface area contributed by atoms with Crippen LogP contribution in [0.2, 0.25) is 0 Å². The number of hydrogen-bond acceptors (Lipinski definition) is 17. The third-order valence-electron chi connectivity index (χ3n) is 12.2. The smallest absolute Gasteiger partial charge is 0.326 e. The summed E-state index contributed by atoms with van der Waals surface area (Å²) in [7, 11) is 0. The number of amides is 9. The van der Waals surface area contributed by atoms with E-state index in [-0.39, 0.29) is 76.2 Å². The Kier molecular flexibility index (Phi) is 33.4. The molecule has 29 heteroatoms. The fraction of sp³-hybridized carbons (Fsp3) is 0.653. The fourth-order valence-corrected chi connectivity index (χ4v) is 8.36. The molecule has 0 heterocycles. The zero-order valence-corrected chi connectivity index (χ0v) is 47.0. The lowest BCUT2D eigenvalue weighted by atomic mass is 9.96. The van der Waals surface area contributed by atoms with Gasteiger partial charge in [-0.15, -0.1) is 0 Å². The first kappa shape index (κ1) is 69.6. The number of carbonyl (C=O) groups is 10. The van der Waals surface area contributed by atoms with Crippen molar-refractivity contribution in [2.45, 2.75) is 159 Å². The lowest BCUT2D eigenvalue weighted by Gasteiger charge is -2.30. The minimum absolute atomic E-state index is 0.00805. The van der Waals surface area contributed by atoms with Crippen molar-refractivity contribution < 1.29 is 63.3 Å². The van der Waals surface area contributed by atoms with Gasteiger partial charge >= 0.3 is 5.97 Å². The summed E-state index contributed by atoms with van der Waals surface area (Å²) in [6.07, 6.45) is 2.46. The van der Waals surface area contributed by atoms with Gasteiger partial charge in [0.1, 0.15) is 54.1 Å². The Bertz CT molecular complexity index is 2150. The van der Waals surface area contributed by atoms with Gasteiger partial charge in [0, 0.05) is 19.4 Å². The van der Waals surface area contributed by atoms with Gasteiger partial charge in [0.05, 0.1) is 12.1 Å². The van der Waals surface area contributed by atoms with Crippen molar-refractivity contribution in [2.75, 3.05) is 37.1 Å². The Balaban J connectivity index is 3.50. The molecule has 1 aromatic carbocycles. The number of carboxylic acids is 1. The number of rotatable bonds is 39. The number of phenols is 1. The normalized spacial score (nSPS) is 15.3. The first-order valence-corrected chi connectivity index (χ1v) is 28.5. The quantitative estimate of drug-likeness (QED) is 0.0174. The van der Waals surface area contributed by atoms with Crippen molar-refractivity contribution >= 4 is 88.6 Å². The summed E-state index contributed by atoms with van der Waals surface area (Å²) in [4.78, 5) is 138. The number of guanidine groups is 1. The Hall–Kier alpha value is -6.43. The van der Waals surface area contributed by atoms with Crippen LogP contribution in [0.5, 0.6) is 5.75 Å². The van der Waals surface area contributed by atoms with Crippen molar-refractivity contribution in [3.05, 3.63) is 29.8 Å². The first-order chi connectivity index (χ1) is 36.8. The minimum Gasteiger partial charge on any atom is -0.508 e. The van der Waals surface area contributed by atoms with E-state index in [4.69, 9.17) is 28.7 Å². The second-order valence-electron chi connectivity index (χ2n) is 18.8. The third kappa shape index (κ3) is 26.8. The Morgan fingerprint density at radius 2 is 1.01 bits per heavy atom. The van der Waals surface area contributed by atoms with Crippen molar-refractivity contribution in [1.29, 1.82) is 0 Å². The minimum atomic E-state index is -1.68. The van der Waals surface area contributed by atoms with Crippen molar-refractivity contribution in [2.24, 2.45) is 39.6 Å². The van der Waals surface area contributed by atoms with E-state index in [2.05, 4.69) is 47.5 Å². The number of nitrogens with zero attached hydrogens (tertiary/aromatic N) is 1. The van der Waals surface area contributed by atoms with Crippen LogP contribution in [0.3, 0.4) is 0 Å². The van der Waals surface area contributed by atoms with Crippen LogP contribution >= 0.6 is 23.5 Å².